The van der Waals surface area contributed by atoms with Crippen LogP contribution in [0, 0.1) is 5.82 Å². The number of amides is 2. The number of hydrogen-bond acceptors (Lipinski definition) is 2. The molecular formula is C15H14ClFN4O. The zero-order chi connectivity index (χ0) is 15.3. The van der Waals surface area contributed by atoms with Crippen molar-refractivity contribution in [3.05, 3.63) is 46.5 Å². The van der Waals surface area contributed by atoms with E-state index in [-0.39, 0.29) is 23.1 Å². The number of halogens is 2. The molecule has 7 heteroatoms. The fourth-order valence-corrected chi connectivity index (χ4v) is 3.65. The molecule has 2 bridgehead atoms. The van der Waals surface area contributed by atoms with Crippen molar-refractivity contribution in [3.63, 3.8) is 0 Å². The Morgan fingerprint density at radius 2 is 2.32 bits per heavy atom. The monoisotopic (exact) mass is 320 g/mol. The number of hydrogen-bond donors (Lipinski definition) is 2. The van der Waals surface area contributed by atoms with Gasteiger partial charge in [-0.3, -0.25) is 5.10 Å². The standard InChI is InChI=1S/C15H14ClFN4O/c16-11-5-8(1-3-12(11)17)19-15(22)21-9-2-4-14(21)10-7-18-20-13(10)6-9/h1,3,5,7,9,14H,2,4,6H2,(H,18,20)(H,19,22). The second-order valence-electron chi connectivity index (χ2n) is 5.72. The molecule has 2 aliphatic rings. The molecule has 114 valence electrons. The van der Waals surface area contributed by atoms with Crippen LogP contribution in [-0.2, 0) is 6.42 Å². The van der Waals surface area contributed by atoms with Crippen LogP contribution < -0.4 is 5.32 Å². The summed E-state index contributed by atoms with van der Waals surface area (Å²) in [6.45, 7) is 0. The van der Waals surface area contributed by atoms with Crippen LogP contribution in [0.25, 0.3) is 0 Å². The molecule has 1 aromatic carbocycles. The van der Waals surface area contributed by atoms with Crippen LogP contribution in [0.2, 0.25) is 5.02 Å². The van der Waals surface area contributed by atoms with Gasteiger partial charge in [-0.05, 0) is 31.0 Å². The highest BCUT2D eigenvalue weighted by Crippen LogP contribution is 2.43. The van der Waals surface area contributed by atoms with Crippen molar-refractivity contribution in [2.75, 3.05) is 5.32 Å². The first-order valence-corrected chi connectivity index (χ1v) is 7.58. The smallest absolute Gasteiger partial charge is 0.314 e. The van der Waals surface area contributed by atoms with Gasteiger partial charge in [0, 0.05) is 29.4 Å². The summed E-state index contributed by atoms with van der Waals surface area (Å²) in [6.07, 6.45) is 4.51. The van der Waals surface area contributed by atoms with Crippen molar-refractivity contribution >= 4 is 23.3 Å². The van der Waals surface area contributed by atoms with Crippen LogP contribution in [0.4, 0.5) is 14.9 Å². The lowest BCUT2D eigenvalue weighted by Gasteiger charge is -2.34. The number of fused-ring (bicyclic) bond motifs is 4. The van der Waals surface area contributed by atoms with E-state index in [1.54, 1.807) is 6.20 Å². The van der Waals surface area contributed by atoms with Crippen LogP contribution in [0.5, 0.6) is 0 Å². The third kappa shape index (κ3) is 2.06. The lowest BCUT2D eigenvalue weighted by Crippen LogP contribution is -2.44. The van der Waals surface area contributed by atoms with Gasteiger partial charge >= 0.3 is 6.03 Å². The molecule has 4 rings (SSSR count). The second kappa shape index (κ2) is 4.98. The molecule has 3 heterocycles. The van der Waals surface area contributed by atoms with Gasteiger partial charge in [0.1, 0.15) is 5.82 Å². The Kier molecular flexibility index (Phi) is 3.07. The highest BCUT2D eigenvalue weighted by atomic mass is 35.5. The molecule has 2 aromatic rings. The number of H-pyrrole nitrogens is 1. The van der Waals surface area contributed by atoms with Crippen LogP contribution in [0.3, 0.4) is 0 Å². The summed E-state index contributed by atoms with van der Waals surface area (Å²) in [7, 11) is 0. The molecule has 0 aliphatic carbocycles. The van der Waals surface area contributed by atoms with Gasteiger partial charge in [0.25, 0.3) is 0 Å². The zero-order valence-corrected chi connectivity index (χ0v) is 12.4. The summed E-state index contributed by atoms with van der Waals surface area (Å²) in [6, 6.07) is 4.23. The van der Waals surface area contributed by atoms with Gasteiger partial charge in [0.2, 0.25) is 0 Å². The van der Waals surface area contributed by atoms with Crippen molar-refractivity contribution in [3.8, 4) is 0 Å². The molecule has 1 fully saturated rings. The lowest BCUT2D eigenvalue weighted by molar-refractivity contribution is 0.179. The quantitative estimate of drug-likeness (QED) is 0.845. The minimum Gasteiger partial charge on any atom is -0.314 e. The molecular weight excluding hydrogens is 307 g/mol. The Morgan fingerprint density at radius 1 is 1.45 bits per heavy atom. The van der Waals surface area contributed by atoms with E-state index < -0.39 is 5.82 Å². The van der Waals surface area contributed by atoms with E-state index in [1.165, 1.54) is 18.2 Å². The second-order valence-corrected chi connectivity index (χ2v) is 6.13. The summed E-state index contributed by atoms with van der Waals surface area (Å²) in [5.41, 5.74) is 2.72. The number of aromatic amines is 1. The predicted molar refractivity (Wildman–Crippen MR) is 80.3 cm³/mol. The molecule has 22 heavy (non-hydrogen) atoms. The van der Waals surface area contributed by atoms with E-state index in [2.05, 4.69) is 15.5 Å². The van der Waals surface area contributed by atoms with E-state index in [9.17, 15) is 9.18 Å². The summed E-state index contributed by atoms with van der Waals surface area (Å²) in [5.74, 6) is -0.499. The van der Waals surface area contributed by atoms with E-state index in [4.69, 9.17) is 11.6 Å². The number of benzene rings is 1. The normalized spacial score (nSPS) is 22.5. The van der Waals surface area contributed by atoms with Crippen molar-refractivity contribution in [2.24, 2.45) is 0 Å². The topological polar surface area (TPSA) is 61.0 Å². The number of aromatic nitrogens is 2. The zero-order valence-electron chi connectivity index (χ0n) is 11.6. The SMILES string of the molecule is O=C(Nc1ccc(F)c(Cl)c1)N1C2CCC1c1cn[nH]c1C2. The maximum absolute atomic E-state index is 13.2. The molecule has 2 amide bonds. The molecule has 1 saturated heterocycles. The highest BCUT2D eigenvalue weighted by Gasteiger charge is 2.43. The Hall–Kier alpha value is -2.08. The molecule has 2 aliphatic heterocycles. The first kappa shape index (κ1) is 13.6. The first-order valence-electron chi connectivity index (χ1n) is 7.20. The van der Waals surface area contributed by atoms with Gasteiger partial charge < -0.3 is 10.2 Å². The van der Waals surface area contributed by atoms with Gasteiger partial charge in [-0.1, -0.05) is 11.6 Å². The Balaban J connectivity index is 1.57. The van der Waals surface area contributed by atoms with Gasteiger partial charge in [-0.15, -0.1) is 0 Å². The summed E-state index contributed by atoms with van der Waals surface area (Å²) in [4.78, 5) is 14.5. The van der Waals surface area contributed by atoms with Crippen LogP contribution >= 0.6 is 11.6 Å². The molecule has 1 aromatic heterocycles. The maximum Gasteiger partial charge on any atom is 0.322 e. The summed E-state index contributed by atoms with van der Waals surface area (Å²) >= 11 is 5.75. The highest BCUT2D eigenvalue weighted by molar-refractivity contribution is 6.31. The molecule has 2 unspecified atom stereocenters. The predicted octanol–water partition coefficient (Wildman–Crippen LogP) is 3.50. The maximum atomic E-state index is 13.2. The Bertz CT molecular complexity index is 747. The van der Waals surface area contributed by atoms with E-state index in [0.29, 0.717) is 5.69 Å². The summed E-state index contributed by atoms with van der Waals surface area (Å²) in [5, 5.41) is 9.90. The number of nitrogens with zero attached hydrogens (tertiary/aromatic N) is 2. The van der Waals surface area contributed by atoms with Gasteiger partial charge in [0.15, 0.2) is 0 Å². The number of rotatable bonds is 1. The van der Waals surface area contributed by atoms with Crippen LogP contribution in [-0.4, -0.2) is 27.2 Å². The average molecular weight is 321 g/mol. The van der Waals surface area contributed by atoms with Crippen molar-refractivity contribution < 1.29 is 9.18 Å². The number of urea groups is 1. The van der Waals surface area contributed by atoms with Gasteiger partial charge in [-0.2, -0.15) is 5.10 Å². The number of anilines is 1. The number of nitrogens with one attached hydrogen (secondary N) is 2. The fraction of sp³-hybridized carbons (Fsp3) is 0.333. The number of carbonyl (C=O) groups excluding carboxylic acids is 1. The molecule has 0 spiro atoms. The largest absolute Gasteiger partial charge is 0.322 e. The lowest BCUT2D eigenvalue weighted by atomic mass is 10.0. The minimum absolute atomic E-state index is 0.00321. The van der Waals surface area contributed by atoms with Crippen molar-refractivity contribution in [1.82, 2.24) is 15.1 Å². The minimum atomic E-state index is -0.499. The van der Waals surface area contributed by atoms with E-state index in [1.807, 2.05) is 4.90 Å². The van der Waals surface area contributed by atoms with Gasteiger partial charge in [-0.25, -0.2) is 9.18 Å². The van der Waals surface area contributed by atoms with E-state index >= 15 is 0 Å². The van der Waals surface area contributed by atoms with Gasteiger partial charge in [0.05, 0.1) is 17.3 Å². The average Bonchev–Trinajstić information content (AvgIpc) is 3.08. The first-order chi connectivity index (χ1) is 10.6. The third-order valence-electron chi connectivity index (χ3n) is 4.46. The number of carbonyl (C=O) groups is 1. The third-order valence-corrected chi connectivity index (χ3v) is 4.75. The van der Waals surface area contributed by atoms with Crippen LogP contribution in [0.15, 0.2) is 24.4 Å². The van der Waals surface area contributed by atoms with E-state index in [0.717, 1.165) is 30.5 Å². The van der Waals surface area contributed by atoms with Crippen molar-refractivity contribution in [2.45, 2.75) is 31.3 Å². The molecule has 2 atom stereocenters. The van der Waals surface area contributed by atoms with Crippen molar-refractivity contribution in [1.29, 1.82) is 0 Å². The Labute approximate surface area is 131 Å². The van der Waals surface area contributed by atoms with Crippen LogP contribution in [0.1, 0.15) is 30.1 Å². The Morgan fingerprint density at radius 3 is 3.14 bits per heavy atom. The fourth-order valence-electron chi connectivity index (χ4n) is 3.47. The molecule has 2 N–H and O–H groups in total. The summed E-state index contributed by atoms with van der Waals surface area (Å²) < 4.78 is 13.2. The molecule has 5 nitrogen and oxygen atoms in total. The molecule has 0 radical (unpaired) electrons. The molecule has 0 saturated carbocycles.